The Balaban J connectivity index is 1.80. The van der Waals surface area contributed by atoms with Crippen molar-refractivity contribution in [1.29, 1.82) is 0 Å². The standard InChI is InChI=1S/C18H20BrClN2O/c1-2-17(14-5-7-15(19)8-6-14)21-12-18(23)22-11-13-3-9-16(20)10-4-13/h3-10,17,21H,2,11-12H2,1H3,(H,22,23)/t17-/m1/s1. The predicted molar refractivity (Wildman–Crippen MR) is 98.5 cm³/mol. The number of nitrogens with one attached hydrogen (secondary N) is 2. The second-order valence-electron chi connectivity index (χ2n) is 5.30. The minimum Gasteiger partial charge on any atom is -0.351 e. The van der Waals surface area contributed by atoms with Crippen molar-refractivity contribution in [2.75, 3.05) is 6.54 Å². The fourth-order valence-electron chi connectivity index (χ4n) is 2.27. The largest absolute Gasteiger partial charge is 0.351 e. The van der Waals surface area contributed by atoms with Gasteiger partial charge >= 0.3 is 0 Å². The highest BCUT2D eigenvalue weighted by molar-refractivity contribution is 9.10. The minimum absolute atomic E-state index is 0.0180. The summed E-state index contributed by atoms with van der Waals surface area (Å²) in [5.74, 6) is -0.0180. The average molecular weight is 396 g/mol. The van der Waals surface area contributed by atoms with E-state index < -0.39 is 0 Å². The van der Waals surface area contributed by atoms with Crippen molar-refractivity contribution >= 4 is 33.4 Å². The van der Waals surface area contributed by atoms with Crippen LogP contribution in [0.4, 0.5) is 0 Å². The van der Waals surface area contributed by atoms with Crippen LogP contribution in [0.5, 0.6) is 0 Å². The van der Waals surface area contributed by atoms with Gasteiger partial charge in [0.25, 0.3) is 0 Å². The highest BCUT2D eigenvalue weighted by Gasteiger charge is 2.10. The van der Waals surface area contributed by atoms with E-state index in [4.69, 9.17) is 11.6 Å². The molecule has 3 nitrogen and oxygen atoms in total. The van der Waals surface area contributed by atoms with Crippen molar-refractivity contribution < 1.29 is 4.79 Å². The average Bonchev–Trinajstić information content (AvgIpc) is 2.56. The van der Waals surface area contributed by atoms with Crippen molar-refractivity contribution in [2.24, 2.45) is 0 Å². The van der Waals surface area contributed by atoms with Gasteiger partial charge in [0.2, 0.25) is 5.91 Å². The number of hydrogen-bond donors (Lipinski definition) is 2. The molecule has 0 unspecified atom stereocenters. The van der Waals surface area contributed by atoms with Crippen LogP contribution >= 0.6 is 27.5 Å². The normalized spacial score (nSPS) is 12.0. The van der Waals surface area contributed by atoms with Gasteiger partial charge < -0.3 is 10.6 Å². The lowest BCUT2D eigenvalue weighted by Crippen LogP contribution is -2.35. The summed E-state index contributed by atoms with van der Waals surface area (Å²) in [7, 11) is 0. The summed E-state index contributed by atoms with van der Waals surface area (Å²) in [5.41, 5.74) is 2.21. The third kappa shape index (κ3) is 5.98. The number of hydrogen-bond acceptors (Lipinski definition) is 2. The van der Waals surface area contributed by atoms with E-state index in [2.05, 4.69) is 45.6 Å². The Kier molecular flexibility index (Phi) is 7.09. The van der Waals surface area contributed by atoms with Crippen LogP contribution in [0.1, 0.15) is 30.5 Å². The fourth-order valence-corrected chi connectivity index (χ4v) is 2.66. The lowest BCUT2D eigenvalue weighted by molar-refractivity contribution is -0.120. The maximum Gasteiger partial charge on any atom is 0.234 e. The van der Waals surface area contributed by atoms with Gasteiger partial charge in [0.05, 0.1) is 6.54 Å². The maximum absolute atomic E-state index is 12.0. The highest BCUT2D eigenvalue weighted by Crippen LogP contribution is 2.19. The molecule has 0 aliphatic carbocycles. The molecule has 2 aromatic carbocycles. The summed E-state index contributed by atoms with van der Waals surface area (Å²) in [6.45, 7) is 2.90. The van der Waals surface area contributed by atoms with E-state index >= 15 is 0 Å². The van der Waals surface area contributed by atoms with Crippen molar-refractivity contribution in [2.45, 2.75) is 25.9 Å². The first-order valence-electron chi connectivity index (χ1n) is 7.58. The molecule has 0 bridgehead atoms. The SMILES string of the molecule is CC[C@@H](NCC(=O)NCc1ccc(Cl)cc1)c1ccc(Br)cc1. The van der Waals surface area contributed by atoms with Crippen molar-refractivity contribution in [3.8, 4) is 0 Å². The molecule has 0 saturated carbocycles. The topological polar surface area (TPSA) is 41.1 Å². The van der Waals surface area contributed by atoms with E-state index in [9.17, 15) is 4.79 Å². The fraction of sp³-hybridized carbons (Fsp3) is 0.278. The van der Waals surface area contributed by atoms with Gasteiger partial charge in [0, 0.05) is 22.1 Å². The molecule has 0 aliphatic heterocycles. The van der Waals surface area contributed by atoms with Crippen molar-refractivity contribution in [1.82, 2.24) is 10.6 Å². The van der Waals surface area contributed by atoms with Gasteiger partial charge in [0.15, 0.2) is 0 Å². The molecular formula is C18H20BrClN2O. The van der Waals surface area contributed by atoms with Crippen LogP contribution in [0, 0.1) is 0 Å². The van der Waals surface area contributed by atoms with Gasteiger partial charge in [-0.05, 0) is 41.8 Å². The number of amides is 1. The lowest BCUT2D eigenvalue weighted by atomic mass is 10.0. The first kappa shape index (κ1) is 18.0. The molecule has 122 valence electrons. The zero-order valence-electron chi connectivity index (χ0n) is 13.0. The maximum atomic E-state index is 12.0. The van der Waals surface area contributed by atoms with E-state index in [-0.39, 0.29) is 11.9 Å². The molecule has 0 heterocycles. The molecule has 0 spiro atoms. The van der Waals surface area contributed by atoms with Crippen LogP contribution in [-0.2, 0) is 11.3 Å². The smallest absolute Gasteiger partial charge is 0.234 e. The van der Waals surface area contributed by atoms with E-state index in [1.165, 1.54) is 5.56 Å². The summed E-state index contributed by atoms with van der Waals surface area (Å²) in [4.78, 5) is 12.0. The quantitative estimate of drug-likeness (QED) is 0.727. The number of carbonyl (C=O) groups excluding carboxylic acids is 1. The molecule has 1 amide bonds. The van der Waals surface area contributed by atoms with Crippen LogP contribution in [0.15, 0.2) is 53.0 Å². The molecule has 2 N–H and O–H groups in total. The molecule has 0 aromatic heterocycles. The molecule has 0 aliphatic rings. The monoisotopic (exact) mass is 394 g/mol. The van der Waals surface area contributed by atoms with E-state index in [1.807, 2.05) is 36.4 Å². The molecule has 5 heteroatoms. The third-order valence-electron chi connectivity index (χ3n) is 3.59. The van der Waals surface area contributed by atoms with E-state index in [0.29, 0.717) is 18.1 Å². The number of halogens is 2. The highest BCUT2D eigenvalue weighted by atomic mass is 79.9. The summed E-state index contributed by atoms with van der Waals surface area (Å²) in [6.07, 6.45) is 0.923. The molecule has 1 atom stereocenters. The zero-order chi connectivity index (χ0) is 16.7. The molecular weight excluding hydrogens is 376 g/mol. The Bertz CT molecular complexity index is 628. The number of carbonyl (C=O) groups is 1. The van der Waals surface area contributed by atoms with Gasteiger partial charge in [0.1, 0.15) is 0 Å². The summed E-state index contributed by atoms with van der Waals surface area (Å²) in [5, 5.41) is 6.90. The van der Waals surface area contributed by atoms with Crippen LogP contribution in [0.25, 0.3) is 0 Å². The van der Waals surface area contributed by atoms with Gasteiger partial charge in [-0.2, -0.15) is 0 Å². The summed E-state index contributed by atoms with van der Waals surface area (Å²) in [6, 6.07) is 15.8. The van der Waals surface area contributed by atoms with Crippen LogP contribution in [0.3, 0.4) is 0 Å². The van der Waals surface area contributed by atoms with Crippen LogP contribution in [0.2, 0.25) is 5.02 Å². The van der Waals surface area contributed by atoms with Crippen molar-refractivity contribution in [3.63, 3.8) is 0 Å². The lowest BCUT2D eigenvalue weighted by Gasteiger charge is -2.17. The molecule has 0 radical (unpaired) electrons. The number of rotatable bonds is 7. The van der Waals surface area contributed by atoms with E-state index in [1.54, 1.807) is 0 Å². The Labute approximate surface area is 150 Å². The second kappa shape index (κ2) is 9.06. The Morgan fingerprint density at radius 1 is 1.13 bits per heavy atom. The van der Waals surface area contributed by atoms with Crippen LogP contribution in [-0.4, -0.2) is 12.5 Å². The predicted octanol–water partition coefficient (Wildman–Crippen LogP) is 4.46. The molecule has 2 aromatic rings. The zero-order valence-corrected chi connectivity index (χ0v) is 15.3. The first-order valence-corrected chi connectivity index (χ1v) is 8.75. The van der Waals surface area contributed by atoms with Crippen molar-refractivity contribution in [3.05, 3.63) is 69.2 Å². The second-order valence-corrected chi connectivity index (χ2v) is 6.65. The van der Waals surface area contributed by atoms with Gasteiger partial charge in [-0.15, -0.1) is 0 Å². The van der Waals surface area contributed by atoms with Crippen LogP contribution < -0.4 is 10.6 Å². The third-order valence-corrected chi connectivity index (χ3v) is 4.37. The molecule has 0 saturated heterocycles. The Morgan fingerprint density at radius 3 is 2.39 bits per heavy atom. The molecule has 0 fully saturated rings. The minimum atomic E-state index is -0.0180. The van der Waals surface area contributed by atoms with E-state index in [0.717, 1.165) is 16.5 Å². The van der Waals surface area contributed by atoms with Gasteiger partial charge in [-0.1, -0.05) is 58.7 Å². The summed E-state index contributed by atoms with van der Waals surface area (Å²) >= 11 is 9.28. The Hall–Kier alpha value is -1.36. The molecule has 2 rings (SSSR count). The van der Waals surface area contributed by atoms with Gasteiger partial charge in [-0.25, -0.2) is 0 Å². The Morgan fingerprint density at radius 2 is 1.78 bits per heavy atom. The van der Waals surface area contributed by atoms with Gasteiger partial charge in [-0.3, -0.25) is 4.79 Å². The first-order chi connectivity index (χ1) is 11.1. The summed E-state index contributed by atoms with van der Waals surface area (Å²) < 4.78 is 1.05. The molecule has 23 heavy (non-hydrogen) atoms. The number of benzene rings is 2.